The van der Waals surface area contributed by atoms with Crippen LogP contribution in [0.5, 0.6) is 0 Å². The van der Waals surface area contributed by atoms with E-state index in [0.717, 1.165) is 11.8 Å². The first-order valence-electron chi connectivity index (χ1n) is 4.63. The van der Waals surface area contributed by atoms with Gasteiger partial charge in [0.2, 0.25) is 0 Å². The average molecular weight is 269 g/mol. The summed E-state index contributed by atoms with van der Waals surface area (Å²) in [6.07, 6.45) is -4.72. The number of hydrogen-bond acceptors (Lipinski definition) is 7. The van der Waals surface area contributed by atoms with Crippen molar-refractivity contribution in [1.29, 1.82) is 0 Å². The van der Waals surface area contributed by atoms with Crippen molar-refractivity contribution in [1.82, 2.24) is 4.90 Å². The van der Waals surface area contributed by atoms with Crippen LogP contribution in [0.25, 0.3) is 0 Å². The molecule has 1 fully saturated rings. The molecule has 0 radical (unpaired) electrons. The Morgan fingerprint density at radius 3 is 2.44 bits per heavy atom. The summed E-state index contributed by atoms with van der Waals surface area (Å²) in [6, 6.07) is 0. The summed E-state index contributed by atoms with van der Waals surface area (Å²) in [5.41, 5.74) is 0. The third-order valence-electron chi connectivity index (χ3n) is 2.41. The average Bonchev–Trinajstić information content (AvgIpc) is 2.50. The predicted octanol–water partition coefficient (Wildman–Crippen LogP) is -2.29. The molecule has 0 bridgehead atoms. The van der Waals surface area contributed by atoms with E-state index in [1.165, 1.54) is 0 Å². The van der Waals surface area contributed by atoms with E-state index in [2.05, 4.69) is 0 Å². The Kier molecular flexibility index (Phi) is 4.52. The van der Waals surface area contributed by atoms with E-state index in [9.17, 15) is 20.4 Å². The summed E-state index contributed by atoms with van der Waals surface area (Å²) in [5, 5.41) is 47.1. The fourth-order valence-electron chi connectivity index (χ4n) is 1.40. The number of aliphatic hydroxyl groups is 5. The Hall–Kier alpha value is 0.0400. The van der Waals surface area contributed by atoms with Gasteiger partial charge in [-0.25, -0.2) is 0 Å². The van der Waals surface area contributed by atoms with Gasteiger partial charge < -0.3 is 30.4 Å². The van der Waals surface area contributed by atoms with E-state index >= 15 is 0 Å². The van der Waals surface area contributed by atoms with Crippen LogP contribution in [0, 0.1) is 0 Å². The third kappa shape index (κ3) is 2.65. The zero-order valence-electron chi connectivity index (χ0n) is 8.65. The Labute approximate surface area is 103 Å². The smallest absolute Gasteiger partial charge is 0.162 e. The molecule has 6 nitrogen and oxygen atoms in total. The first-order chi connectivity index (χ1) is 7.31. The Balaban J connectivity index is 2.73. The molecule has 0 aromatic heterocycles. The molecule has 0 aromatic rings. The second-order valence-corrected chi connectivity index (χ2v) is 5.70. The summed E-state index contributed by atoms with van der Waals surface area (Å²) in [5.74, 6) is 0. The summed E-state index contributed by atoms with van der Waals surface area (Å²) < 4.78 is 0.396. The molecule has 5 N–H and O–H groups in total. The number of rotatable bonds is 4. The maximum absolute atomic E-state index is 10.0. The van der Waals surface area contributed by atoms with Gasteiger partial charge >= 0.3 is 0 Å². The van der Waals surface area contributed by atoms with Gasteiger partial charge in [0.15, 0.2) is 4.93 Å². The van der Waals surface area contributed by atoms with Crippen LogP contribution in [0.2, 0.25) is 0 Å². The summed E-state index contributed by atoms with van der Waals surface area (Å²) in [4.78, 5) is -0.108. The molecular formula is C8H15NO5S2. The van der Waals surface area contributed by atoms with E-state index < -0.39 is 29.9 Å². The monoisotopic (exact) mass is 269 g/mol. The highest BCUT2D eigenvalue weighted by Gasteiger charge is 2.49. The number of nitrogens with zero attached hydrogens (tertiary/aromatic N) is 1. The van der Waals surface area contributed by atoms with Crippen LogP contribution in [0.15, 0.2) is 0 Å². The number of thioether (sulfide) groups is 1. The zero-order valence-corrected chi connectivity index (χ0v) is 10.3. The van der Waals surface area contributed by atoms with Gasteiger partial charge in [-0.3, -0.25) is 0 Å². The minimum Gasteiger partial charge on any atom is -0.394 e. The lowest BCUT2D eigenvalue weighted by molar-refractivity contribution is -0.125. The second-order valence-electron chi connectivity index (χ2n) is 3.75. The molecule has 1 aliphatic rings. The van der Waals surface area contributed by atoms with E-state index in [1.807, 2.05) is 0 Å². The van der Waals surface area contributed by atoms with Crippen molar-refractivity contribution in [2.45, 2.75) is 23.2 Å². The molecule has 16 heavy (non-hydrogen) atoms. The fourth-order valence-corrected chi connectivity index (χ4v) is 2.94. The normalized spacial score (nSPS) is 31.6. The van der Waals surface area contributed by atoms with Crippen LogP contribution in [-0.4, -0.2) is 78.2 Å². The van der Waals surface area contributed by atoms with Crippen LogP contribution < -0.4 is 0 Å². The molecule has 1 rings (SSSR count). The van der Waals surface area contributed by atoms with Crippen molar-refractivity contribution >= 4 is 28.3 Å². The number of thiocarbonyl (C=S) groups is 1. The third-order valence-corrected chi connectivity index (χ3v) is 4.18. The van der Waals surface area contributed by atoms with Crippen molar-refractivity contribution in [2.75, 3.05) is 20.2 Å². The lowest BCUT2D eigenvalue weighted by Gasteiger charge is -2.31. The van der Waals surface area contributed by atoms with Gasteiger partial charge in [0.1, 0.15) is 22.6 Å². The van der Waals surface area contributed by atoms with Gasteiger partial charge in [0.05, 0.1) is 13.2 Å². The minimum absolute atomic E-state index is 0.0485. The first-order valence-corrected chi connectivity index (χ1v) is 5.86. The van der Waals surface area contributed by atoms with Crippen molar-refractivity contribution in [2.24, 2.45) is 0 Å². The lowest BCUT2D eigenvalue weighted by atomic mass is 10.0. The van der Waals surface area contributed by atoms with E-state index in [1.54, 1.807) is 11.9 Å². The van der Waals surface area contributed by atoms with E-state index in [4.69, 9.17) is 17.3 Å². The maximum Gasteiger partial charge on any atom is 0.162 e. The molecule has 94 valence electrons. The Bertz CT molecular complexity index is 279. The maximum atomic E-state index is 10.0. The summed E-state index contributed by atoms with van der Waals surface area (Å²) >= 11 is 5.77. The van der Waals surface area contributed by atoms with E-state index in [-0.39, 0.29) is 6.54 Å². The van der Waals surface area contributed by atoms with Crippen LogP contribution >= 0.6 is 24.0 Å². The molecular weight excluding hydrogens is 254 g/mol. The number of β-amino-alcohol motifs (C(OH)–C–C–N with tert-alkyl or cyclic N) is 1. The molecule has 0 saturated carbocycles. The zero-order chi connectivity index (χ0) is 12.5. The van der Waals surface area contributed by atoms with Gasteiger partial charge in [-0.2, -0.15) is 0 Å². The quantitative estimate of drug-likeness (QED) is 0.363. The fraction of sp³-hybridized carbons (Fsp3) is 0.875. The van der Waals surface area contributed by atoms with Gasteiger partial charge in [-0.15, -0.1) is 0 Å². The molecule has 4 atom stereocenters. The molecule has 1 heterocycles. The standard InChI is InChI=1S/C8H15NO5S2/c1-9-3-8(14,16-7(9)15)6(13)5(12)4(11)2-10/h4-6,10-14H,2-3H2,1H3/t4-,5-,6+,8-/m1/s1. The molecule has 1 saturated heterocycles. The Morgan fingerprint density at radius 1 is 1.50 bits per heavy atom. The topological polar surface area (TPSA) is 104 Å². The number of aliphatic hydroxyl groups excluding tert-OH is 4. The van der Waals surface area contributed by atoms with Crippen molar-refractivity contribution in [3.8, 4) is 0 Å². The molecule has 0 aliphatic carbocycles. The number of hydrogen-bond donors (Lipinski definition) is 5. The van der Waals surface area contributed by atoms with Gasteiger partial charge in [-0.1, -0.05) is 24.0 Å². The highest BCUT2D eigenvalue weighted by atomic mass is 32.2. The van der Waals surface area contributed by atoms with Crippen LogP contribution in [0.1, 0.15) is 0 Å². The second kappa shape index (κ2) is 5.13. The van der Waals surface area contributed by atoms with Crippen molar-refractivity contribution < 1.29 is 25.5 Å². The van der Waals surface area contributed by atoms with Gasteiger partial charge in [0.25, 0.3) is 0 Å². The lowest BCUT2D eigenvalue weighted by Crippen LogP contribution is -2.53. The molecule has 8 heteroatoms. The Morgan fingerprint density at radius 2 is 2.06 bits per heavy atom. The highest BCUT2D eigenvalue weighted by Crippen LogP contribution is 2.37. The van der Waals surface area contributed by atoms with Gasteiger partial charge in [0, 0.05) is 7.05 Å². The van der Waals surface area contributed by atoms with Crippen molar-refractivity contribution in [3.05, 3.63) is 0 Å². The predicted molar refractivity (Wildman–Crippen MR) is 62.9 cm³/mol. The number of likely N-dealkylation sites (N-methyl/N-ethyl adjacent to an activating group) is 1. The molecule has 0 spiro atoms. The SMILES string of the molecule is CN1C[C@](O)([C@@H](O)[C@H](O)[C@H](O)CO)SC1=S. The largest absolute Gasteiger partial charge is 0.394 e. The summed E-state index contributed by atoms with van der Waals surface area (Å²) in [7, 11) is 1.65. The summed E-state index contributed by atoms with van der Waals surface area (Å²) in [6.45, 7) is -0.647. The van der Waals surface area contributed by atoms with Crippen LogP contribution in [0.4, 0.5) is 0 Å². The highest BCUT2D eigenvalue weighted by molar-refractivity contribution is 8.24. The van der Waals surface area contributed by atoms with Gasteiger partial charge in [-0.05, 0) is 0 Å². The van der Waals surface area contributed by atoms with Crippen LogP contribution in [0.3, 0.4) is 0 Å². The van der Waals surface area contributed by atoms with Crippen LogP contribution in [-0.2, 0) is 0 Å². The first kappa shape index (κ1) is 14.1. The van der Waals surface area contributed by atoms with Crippen molar-refractivity contribution in [3.63, 3.8) is 0 Å². The minimum atomic E-state index is -1.67. The van der Waals surface area contributed by atoms with E-state index in [0.29, 0.717) is 4.32 Å². The molecule has 0 amide bonds. The molecule has 1 aliphatic heterocycles. The molecule has 0 aromatic carbocycles. The molecule has 0 unspecified atom stereocenters.